The van der Waals surface area contributed by atoms with Crippen LogP contribution in [0.3, 0.4) is 0 Å². The molecule has 0 saturated heterocycles. The minimum absolute atomic E-state index is 0.128. The van der Waals surface area contributed by atoms with Crippen LogP contribution in [0.4, 0.5) is 0 Å². The van der Waals surface area contributed by atoms with Gasteiger partial charge in [0.25, 0.3) is 0 Å². The third kappa shape index (κ3) is 1.75. The Morgan fingerprint density at radius 3 is 2.59 bits per heavy atom. The summed E-state index contributed by atoms with van der Waals surface area (Å²) in [6.07, 6.45) is 1.59. The van der Waals surface area contributed by atoms with Crippen LogP contribution in [0.1, 0.15) is 42.5 Å². The quantitative estimate of drug-likeness (QED) is 0.807. The molecule has 0 aliphatic heterocycles. The molecule has 1 N–H and O–H groups in total. The minimum Gasteiger partial charge on any atom is -0.476 e. The van der Waals surface area contributed by atoms with Crippen molar-refractivity contribution in [1.29, 1.82) is 0 Å². The molecule has 2 rings (SSSR count). The fourth-order valence-electron chi connectivity index (χ4n) is 1.71. The first kappa shape index (κ1) is 11.5. The first-order valence-corrected chi connectivity index (χ1v) is 5.27. The molecule has 2 heterocycles. The number of rotatable bonds is 1. The van der Waals surface area contributed by atoms with Gasteiger partial charge in [0.1, 0.15) is 5.69 Å². The number of hydrogen-bond donors (Lipinski definition) is 1. The van der Waals surface area contributed by atoms with E-state index >= 15 is 0 Å². The predicted molar refractivity (Wildman–Crippen MR) is 61.2 cm³/mol. The zero-order chi connectivity index (χ0) is 12.8. The van der Waals surface area contributed by atoms with Crippen LogP contribution in [-0.4, -0.2) is 30.9 Å². The van der Waals surface area contributed by atoms with Crippen LogP contribution in [0.5, 0.6) is 0 Å². The van der Waals surface area contributed by atoms with Crippen molar-refractivity contribution in [1.82, 2.24) is 19.8 Å². The number of carbonyl (C=O) groups is 1. The highest BCUT2D eigenvalue weighted by Crippen LogP contribution is 2.25. The smallest absolute Gasteiger partial charge is 0.355 e. The number of fused-ring (bicyclic) bond motifs is 1. The van der Waals surface area contributed by atoms with Crippen LogP contribution < -0.4 is 0 Å². The molecule has 0 saturated carbocycles. The normalized spacial score (nSPS) is 12.0. The summed E-state index contributed by atoms with van der Waals surface area (Å²) in [6, 6.07) is 0. The predicted octanol–water partition coefficient (Wildman–Crippen LogP) is 1.43. The van der Waals surface area contributed by atoms with Gasteiger partial charge in [-0.15, -0.1) is 5.10 Å². The van der Waals surface area contributed by atoms with E-state index in [1.165, 1.54) is 4.52 Å². The Labute approximate surface area is 98.3 Å². The van der Waals surface area contributed by atoms with Crippen molar-refractivity contribution in [2.45, 2.75) is 33.1 Å². The van der Waals surface area contributed by atoms with Crippen LogP contribution in [0, 0.1) is 6.92 Å². The number of aryl methyl sites for hydroxylation is 1. The molecule has 0 aliphatic carbocycles. The van der Waals surface area contributed by atoms with Crippen LogP contribution >= 0.6 is 0 Å². The maximum atomic E-state index is 11.4. The highest BCUT2D eigenvalue weighted by molar-refractivity contribution is 5.88. The Balaban J connectivity index is 2.87. The number of carboxylic acid groups (broad SMARTS) is 1. The van der Waals surface area contributed by atoms with Gasteiger partial charge in [0.15, 0.2) is 11.3 Å². The molecule has 0 amide bonds. The molecule has 0 aliphatic rings. The zero-order valence-corrected chi connectivity index (χ0v) is 10.2. The second-order valence-corrected chi connectivity index (χ2v) is 4.99. The number of aromatic nitrogens is 4. The third-order valence-corrected chi connectivity index (χ3v) is 2.60. The van der Waals surface area contributed by atoms with E-state index in [1.807, 2.05) is 20.8 Å². The third-order valence-electron chi connectivity index (χ3n) is 2.60. The van der Waals surface area contributed by atoms with Gasteiger partial charge in [-0.05, 0) is 12.3 Å². The van der Waals surface area contributed by atoms with Crippen LogP contribution in [0.15, 0.2) is 6.20 Å². The molecular weight excluding hydrogens is 220 g/mol. The molecule has 0 spiro atoms. The molecule has 6 nitrogen and oxygen atoms in total. The first-order valence-electron chi connectivity index (χ1n) is 5.27. The topological polar surface area (TPSA) is 80.4 Å². The largest absolute Gasteiger partial charge is 0.476 e. The van der Waals surface area contributed by atoms with E-state index in [2.05, 4.69) is 15.3 Å². The van der Waals surface area contributed by atoms with Crippen LogP contribution in [0.2, 0.25) is 0 Å². The van der Waals surface area contributed by atoms with Crippen molar-refractivity contribution in [2.24, 2.45) is 0 Å². The first-order chi connectivity index (χ1) is 7.82. The summed E-state index contributed by atoms with van der Waals surface area (Å²) in [7, 11) is 0. The average molecular weight is 234 g/mol. The second kappa shape index (κ2) is 3.51. The number of nitrogens with zero attached hydrogens (tertiary/aromatic N) is 4. The zero-order valence-electron chi connectivity index (χ0n) is 10.2. The van der Waals surface area contributed by atoms with Gasteiger partial charge < -0.3 is 5.11 Å². The lowest BCUT2D eigenvalue weighted by atomic mass is 9.87. The van der Waals surface area contributed by atoms with Gasteiger partial charge in [-0.1, -0.05) is 26.0 Å². The lowest BCUT2D eigenvalue weighted by molar-refractivity contribution is 0.0683. The van der Waals surface area contributed by atoms with E-state index in [1.54, 1.807) is 13.1 Å². The van der Waals surface area contributed by atoms with Gasteiger partial charge in [-0.25, -0.2) is 9.78 Å². The van der Waals surface area contributed by atoms with E-state index in [4.69, 9.17) is 0 Å². The lowest BCUT2D eigenvalue weighted by Gasteiger charge is -2.20. The molecular formula is C11H14N4O2. The SMILES string of the molecule is Cc1nnn2c(C(=O)O)c(C(C)(C)C)cnc12. The van der Waals surface area contributed by atoms with Crippen molar-refractivity contribution in [3.8, 4) is 0 Å². The van der Waals surface area contributed by atoms with E-state index in [0.29, 0.717) is 16.9 Å². The summed E-state index contributed by atoms with van der Waals surface area (Å²) in [5.74, 6) is -1.02. The van der Waals surface area contributed by atoms with Gasteiger partial charge >= 0.3 is 5.97 Å². The van der Waals surface area contributed by atoms with E-state index < -0.39 is 5.97 Å². The summed E-state index contributed by atoms with van der Waals surface area (Å²) >= 11 is 0. The Hall–Kier alpha value is -1.98. The highest BCUT2D eigenvalue weighted by Gasteiger charge is 2.26. The van der Waals surface area contributed by atoms with Crippen molar-refractivity contribution >= 4 is 11.6 Å². The molecule has 90 valence electrons. The maximum Gasteiger partial charge on any atom is 0.355 e. The molecule has 17 heavy (non-hydrogen) atoms. The van der Waals surface area contributed by atoms with E-state index in [9.17, 15) is 9.90 Å². The molecule has 0 fully saturated rings. The summed E-state index contributed by atoms with van der Waals surface area (Å²) in [4.78, 5) is 15.6. The summed E-state index contributed by atoms with van der Waals surface area (Å²) in [5.41, 5.74) is 1.56. The monoisotopic (exact) mass is 234 g/mol. The number of carboxylic acids is 1. The summed E-state index contributed by atoms with van der Waals surface area (Å²) < 4.78 is 1.29. The van der Waals surface area contributed by atoms with Gasteiger partial charge in [0, 0.05) is 11.8 Å². The minimum atomic E-state index is -1.02. The van der Waals surface area contributed by atoms with Gasteiger partial charge in [0.2, 0.25) is 0 Å². The number of hydrogen-bond acceptors (Lipinski definition) is 4. The van der Waals surface area contributed by atoms with Crippen LogP contribution in [0.25, 0.3) is 5.65 Å². The van der Waals surface area contributed by atoms with Crippen LogP contribution in [-0.2, 0) is 5.41 Å². The second-order valence-electron chi connectivity index (χ2n) is 4.99. The maximum absolute atomic E-state index is 11.4. The molecule has 2 aromatic rings. The summed E-state index contributed by atoms with van der Waals surface area (Å²) in [6.45, 7) is 7.56. The Bertz CT molecular complexity index is 595. The van der Waals surface area contributed by atoms with Crippen molar-refractivity contribution in [3.63, 3.8) is 0 Å². The molecule has 0 aromatic carbocycles. The molecule has 6 heteroatoms. The van der Waals surface area contributed by atoms with Crippen molar-refractivity contribution in [3.05, 3.63) is 23.1 Å². The Morgan fingerprint density at radius 2 is 2.06 bits per heavy atom. The lowest BCUT2D eigenvalue weighted by Crippen LogP contribution is -2.21. The highest BCUT2D eigenvalue weighted by atomic mass is 16.4. The average Bonchev–Trinajstić information content (AvgIpc) is 2.57. The Morgan fingerprint density at radius 1 is 1.41 bits per heavy atom. The standard InChI is InChI=1S/C11H14N4O2/c1-6-9-12-5-7(11(2,3)4)8(10(16)17)15(9)14-13-6/h5H,1-4H3,(H,16,17). The van der Waals surface area contributed by atoms with E-state index in [-0.39, 0.29) is 11.1 Å². The fourth-order valence-corrected chi connectivity index (χ4v) is 1.71. The summed E-state index contributed by atoms with van der Waals surface area (Å²) in [5, 5.41) is 17.0. The van der Waals surface area contributed by atoms with Gasteiger partial charge in [-0.2, -0.15) is 4.52 Å². The number of aromatic carboxylic acids is 1. The van der Waals surface area contributed by atoms with Crippen molar-refractivity contribution in [2.75, 3.05) is 0 Å². The molecule has 0 atom stereocenters. The molecule has 0 radical (unpaired) electrons. The van der Waals surface area contributed by atoms with Gasteiger partial charge in [0.05, 0.1) is 0 Å². The Kier molecular flexibility index (Phi) is 2.38. The van der Waals surface area contributed by atoms with Gasteiger partial charge in [-0.3, -0.25) is 0 Å². The molecule has 0 bridgehead atoms. The molecule has 0 unspecified atom stereocenters. The fraction of sp³-hybridized carbons (Fsp3) is 0.455. The van der Waals surface area contributed by atoms with E-state index in [0.717, 1.165) is 0 Å². The van der Waals surface area contributed by atoms with Crippen molar-refractivity contribution < 1.29 is 9.90 Å². The molecule has 2 aromatic heterocycles.